The predicted octanol–water partition coefficient (Wildman–Crippen LogP) is 3.72. The Labute approximate surface area is 129 Å². The van der Waals surface area contributed by atoms with Gasteiger partial charge in [-0.15, -0.1) is 11.3 Å². The van der Waals surface area contributed by atoms with Crippen LogP contribution in [0.25, 0.3) is 10.2 Å². The fourth-order valence-electron chi connectivity index (χ4n) is 2.22. The Morgan fingerprint density at radius 1 is 1.20 bits per heavy atom. The molecule has 4 nitrogen and oxygen atoms in total. The number of likely N-dealkylation sites (N-methyl/N-ethyl adjacent to an activating group) is 1. The van der Waals surface area contributed by atoms with Crippen LogP contribution in [0.1, 0.15) is 24.3 Å². The second-order valence-electron chi connectivity index (χ2n) is 4.76. The largest absolute Gasteiger partial charge is 0.368 e. The lowest BCUT2D eigenvalue weighted by Crippen LogP contribution is -2.28. The maximum atomic E-state index is 6.02. The molecular formula is C14H21ClN4S. The molecule has 6 heteroatoms. The number of hydrogen-bond acceptors (Lipinski definition) is 5. The number of thiophene rings is 1. The van der Waals surface area contributed by atoms with E-state index in [-0.39, 0.29) is 0 Å². The first-order valence-electron chi connectivity index (χ1n) is 6.96. The molecule has 0 aliphatic heterocycles. The van der Waals surface area contributed by atoms with Crippen LogP contribution >= 0.6 is 22.9 Å². The lowest BCUT2D eigenvalue weighted by molar-refractivity contribution is 0.316. The number of rotatable bonds is 6. The van der Waals surface area contributed by atoms with Crippen LogP contribution in [0.3, 0.4) is 0 Å². The van der Waals surface area contributed by atoms with Crippen LogP contribution in [0.2, 0.25) is 5.28 Å². The highest BCUT2D eigenvalue weighted by molar-refractivity contribution is 7.18. The molecule has 0 saturated heterocycles. The minimum Gasteiger partial charge on any atom is -0.368 e. The normalized spacial score (nSPS) is 11.5. The van der Waals surface area contributed by atoms with E-state index >= 15 is 0 Å². The van der Waals surface area contributed by atoms with Gasteiger partial charge in [-0.3, -0.25) is 0 Å². The van der Waals surface area contributed by atoms with Crippen LogP contribution < -0.4 is 5.32 Å². The second kappa shape index (κ2) is 6.70. The third kappa shape index (κ3) is 3.22. The first-order chi connectivity index (χ1) is 9.56. The molecule has 110 valence electrons. The summed E-state index contributed by atoms with van der Waals surface area (Å²) in [7, 11) is 0. The molecule has 0 aliphatic carbocycles. The van der Waals surface area contributed by atoms with Crippen molar-refractivity contribution in [2.24, 2.45) is 0 Å². The molecule has 0 radical (unpaired) electrons. The summed E-state index contributed by atoms with van der Waals surface area (Å²) in [4.78, 5) is 13.3. The minimum atomic E-state index is 0.309. The van der Waals surface area contributed by atoms with Gasteiger partial charge in [-0.1, -0.05) is 13.8 Å². The standard InChI is InChI=1S/C14H21ClN4S/c1-5-19(6-2)8-7-16-12-11-9(3)10(4)20-13(11)18-14(15)17-12/h5-8H2,1-4H3,(H,16,17,18). The van der Waals surface area contributed by atoms with E-state index in [9.17, 15) is 0 Å². The SMILES string of the molecule is CCN(CC)CCNc1nc(Cl)nc2sc(C)c(C)c12. The van der Waals surface area contributed by atoms with E-state index in [2.05, 4.69) is 47.9 Å². The monoisotopic (exact) mass is 312 g/mol. The van der Waals surface area contributed by atoms with E-state index in [1.807, 2.05) is 0 Å². The van der Waals surface area contributed by atoms with Gasteiger partial charge in [-0.2, -0.15) is 0 Å². The molecule has 0 atom stereocenters. The highest BCUT2D eigenvalue weighted by Gasteiger charge is 2.13. The van der Waals surface area contributed by atoms with E-state index in [0.717, 1.165) is 42.2 Å². The van der Waals surface area contributed by atoms with Gasteiger partial charge in [-0.05, 0) is 44.1 Å². The molecule has 0 saturated carbocycles. The third-order valence-corrected chi connectivity index (χ3v) is 4.89. The predicted molar refractivity (Wildman–Crippen MR) is 88.2 cm³/mol. The third-order valence-electron chi connectivity index (χ3n) is 3.62. The van der Waals surface area contributed by atoms with Gasteiger partial charge < -0.3 is 10.2 Å². The van der Waals surface area contributed by atoms with E-state index < -0.39 is 0 Å². The van der Waals surface area contributed by atoms with Crippen molar-refractivity contribution >= 4 is 39.0 Å². The number of aryl methyl sites for hydroxylation is 2. The van der Waals surface area contributed by atoms with Crippen molar-refractivity contribution in [3.8, 4) is 0 Å². The number of nitrogens with zero attached hydrogens (tertiary/aromatic N) is 3. The fraction of sp³-hybridized carbons (Fsp3) is 0.571. The average molecular weight is 313 g/mol. The lowest BCUT2D eigenvalue weighted by Gasteiger charge is -2.18. The van der Waals surface area contributed by atoms with Crippen LogP contribution in [0, 0.1) is 13.8 Å². The highest BCUT2D eigenvalue weighted by atomic mass is 35.5. The van der Waals surface area contributed by atoms with E-state index in [0.29, 0.717) is 5.28 Å². The molecule has 2 heterocycles. The number of fused-ring (bicyclic) bond motifs is 1. The summed E-state index contributed by atoms with van der Waals surface area (Å²) in [5.74, 6) is 0.856. The Balaban J connectivity index is 2.21. The molecule has 0 aliphatic rings. The smallest absolute Gasteiger partial charge is 0.225 e. The maximum Gasteiger partial charge on any atom is 0.225 e. The molecule has 2 rings (SSSR count). The van der Waals surface area contributed by atoms with E-state index in [1.54, 1.807) is 11.3 Å². The van der Waals surface area contributed by atoms with Crippen molar-refractivity contribution in [3.05, 3.63) is 15.7 Å². The van der Waals surface area contributed by atoms with Crippen LogP contribution in [-0.4, -0.2) is 41.0 Å². The van der Waals surface area contributed by atoms with Crippen LogP contribution in [-0.2, 0) is 0 Å². The van der Waals surface area contributed by atoms with Gasteiger partial charge in [-0.25, -0.2) is 9.97 Å². The number of nitrogens with one attached hydrogen (secondary N) is 1. The summed E-state index contributed by atoms with van der Waals surface area (Å²) in [6, 6.07) is 0. The van der Waals surface area contributed by atoms with Gasteiger partial charge in [0.15, 0.2) is 0 Å². The Kier molecular flexibility index (Phi) is 5.18. The summed E-state index contributed by atoms with van der Waals surface area (Å²) < 4.78 is 0. The van der Waals surface area contributed by atoms with Crippen molar-refractivity contribution in [3.63, 3.8) is 0 Å². The van der Waals surface area contributed by atoms with Crippen molar-refractivity contribution in [2.75, 3.05) is 31.5 Å². The van der Waals surface area contributed by atoms with E-state index in [4.69, 9.17) is 11.6 Å². The van der Waals surface area contributed by atoms with Gasteiger partial charge >= 0.3 is 0 Å². The van der Waals surface area contributed by atoms with Gasteiger partial charge in [0, 0.05) is 18.0 Å². The van der Waals surface area contributed by atoms with Gasteiger partial charge in [0.05, 0.1) is 5.39 Å². The Hall–Kier alpha value is -0.910. The Bertz CT molecular complexity index is 592. The fourth-order valence-corrected chi connectivity index (χ4v) is 3.47. The summed E-state index contributed by atoms with van der Waals surface area (Å²) >= 11 is 7.69. The molecule has 1 N–H and O–H groups in total. The molecule has 20 heavy (non-hydrogen) atoms. The second-order valence-corrected chi connectivity index (χ2v) is 6.30. The van der Waals surface area contributed by atoms with Crippen molar-refractivity contribution in [2.45, 2.75) is 27.7 Å². The molecule has 2 aromatic rings. The zero-order valence-corrected chi connectivity index (χ0v) is 14.0. The zero-order valence-electron chi connectivity index (χ0n) is 12.5. The van der Waals surface area contributed by atoms with Crippen molar-refractivity contribution < 1.29 is 0 Å². The molecule has 0 fully saturated rings. The lowest BCUT2D eigenvalue weighted by atomic mass is 10.2. The van der Waals surface area contributed by atoms with E-state index in [1.165, 1.54) is 10.4 Å². The first kappa shape index (κ1) is 15.5. The Morgan fingerprint density at radius 2 is 1.90 bits per heavy atom. The van der Waals surface area contributed by atoms with Crippen molar-refractivity contribution in [1.82, 2.24) is 14.9 Å². The van der Waals surface area contributed by atoms with Gasteiger partial charge in [0.1, 0.15) is 10.6 Å². The number of aromatic nitrogens is 2. The van der Waals surface area contributed by atoms with Gasteiger partial charge in [0.25, 0.3) is 0 Å². The quantitative estimate of drug-likeness (QED) is 0.825. The van der Waals surface area contributed by atoms with Crippen molar-refractivity contribution in [1.29, 1.82) is 0 Å². The summed E-state index contributed by atoms with van der Waals surface area (Å²) in [5.41, 5.74) is 1.24. The zero-order chi connectivity index (χ0) is 14.7. The number of anilines is 1. The van der Waals surface area contributed by atoms with Crippen LogP contribution in [0.4, 0.5) is 5.82 Å². The number of halogens is 1. The molecular weight excluding hydrogens is 292 g/mol. The number of hydrogen-bond donors (Lipinski definition) is 1. The molecule has 0 unspecified atom stereocenters. The Morgan fingerprint density at radius 3 is 2.55 bits per heavy atom. The minimum absolute atomic E-state index is 0.309. The maximum absolute atomic E-state index is 6.02. The molecule has 0 aromatic carbocycles. The topological polar surface area (TPSA) is 41.0 Å². The molecule has 0 spiro atoms. The van der Waals surface area contributed by atoms with Gasteiger partial charge in [0.2, 0.25) is 5.28 Å². The molecule has 0 amide bonds. The average Bonchev–Trinajstić information content (AvgIpc) is 2.70. The van der Waals surface area contributed by atoms with Crippen LogP contribution in [0.5, 0.6) is 0 Å². The first-order valence-corrected chi connectivity index (χ1v) is 8.15. The molecule has 2 aromatic heterocycles. The highest BCUT2D eigenvalue weighted by Crippen LogP contribution is 2.33. The molecule has 0 bridgehead atoms. The summed E-state index contributed by atoms with van der Waals surface area (Å²) in [6.07, 6.45) is 0. The summed E-state index contributed by atoms with van der Waals surface area (Å²) in [5, 5.41) is 4.83. The van der Waals surface area contributed by atoms with Crippen LogP contribution in [0.15, 0.2) is 0 Å². The summed E-state index contributed by atoms with van der Waals surface area (Å²) in [6.45, 7) is 12.6.